The molecule has 2 aromatic heterocycles. The molecular formula is C18H20N6O4. The van der Waals surface area contributed by atoms with Gasteiger partial charge in [-0.2, -0.15) is 0 Å². The minimum Gasteiger partial charge on any atom is -0.465 e. The van der Waals surface area contributed by atoms with Gasteiger partial charge in [0, 0.05) is 42.8 Å². The van der Waals surface area contributed by atoms with Crippen LogP contribution in [0.15, 0.2) is 30.5 Å². The van der Waals surface area contributed by atoms with Crippen molar-refractivity contribution in [2.45, 2.75) is 31.8 Å². The number of fused-ring (bicyclic) bond motifs is 3. The Balaban J connectivity index is 1.64. The van der Waals surface area contributed by atoms with Gasteiger partial charge >= 0.3 is 11.8 Å². The van der Waals surface area contributed by atoms with E-state index >= 15 is 0 Å². The molecule has 0 unspecified atom stereocenters. The van der Waals surface area contributed by atoms with E-state index in [1.165, 1.54) is 11.0 Å². The number of nitrogens with one attached hydrogen (secondary N) is 1. The smallest absolute Gasteiger partial charge is 0.407 e. The number of nitro groups is 1. The standard InChI is InChI=1S/C18H20N6O4/c1-11-8-12(6-7-19-11)20-17-15(24(27)28)4-5-16(21-17)22-9-14-3-2-13(22)10-23(14)18(25)26/h4-8,13-14H,2-3,9-10H2,1H3,(H,25,26)(H,19,20,21)/t13-,14-/m1/s1. The number of rotatable bonds is 4. The third kappa shape index (κ3) is 3.28. The van der Waals surface area contributed by atoms with Crippen molar-refractivity contribution in [3.8, 4) is 0 Å². The van der Waals surface area contributed by atoms with E-state index in [9.17, 15) is 20.0 Å². The molecule has 3 aliphatic rings. The van der Waals surface area contributed by atoms with Gasteiger partial charge in [0.1, 0.15) is 5.82 Å². The summed E-state index contributed by atoms with van der Waals surface area (Å²) >= 11 is 0. The summed E-state index contributed by atoms with van der Waals surface area (Å²) in [4.78, 5) is 34.5. The molecule has 5 heterocycles. The zero-order chi connectivity index (χ0) is 19.8. The van der Waals surface area contributed by atoms with Gasteiger partial charge in [0.15, 0.2) is 0 Å². The molecular weight excluding hydrogens is 364 g/mol. The van der Waals surface area contributed by atoms with Gasteiger partial charge in [-0.1, -0.05) is 0 Å². The van der Waals surface area contributed by atoms with Gasteiger partial charge in [0.25, 0.3) is 0 Å². The summed E-state index contributed by atoms with van der Waals surface area (Å²) < 4.78 is 0. The molecule has 3 saturated heterocycles. The second kappa shape index (κ2) is 6.95. The Morgan fingerprint density at radius 2 is 2.07 bits per heavy atom. The van der Waals surface area contributed by atoms with Crippen LogP contribution < -0.4 is 10.2 Å². The summed E-state index contributed by atoms with van der Waals surface area (Å²) in [6.07, 6.45) is 2.42. The zero-order valence-electron chi connectivity index (χ0n) is 15.3. The van der Waals surface area contributed by atoms with E-state index in [2.05, 4.69) is 20.2 Å². The Kier molecular flexibility index (Phi) is 4.46. The number of amides is 1. The number of piperidine rings is 2. The summed E-state index contributed by atoms with van der Waals surface area (Å²) in [6.45, 7) is 2.79. The van der Waals surface area contributed by atoms with E-state index in [0.29, 0.717) is 24.6 Å². The zero-order valence-corrected chi connectivity index (χ0v) is 15.3. The number of carboxylic acid groups (broad SMARTS) is 1. The second-order valence-corrected chi connectivity index (χ2v) is 7.08. The van der Waals surface area contributed by atoms with Crippen LogP contribution in [-0.4, -0.2) is 56.2 Å². The predicted octanol–water partition coefficient (Wildman–Crippen LogP) is 2.77. The summed E-state index contributed by atoms with van der Waals surface area (Å²) in [6, 6.07) is 6.51. The van der Waals surface area contributed by atoms with E-state index < -0.39 is 11.0 Å². The molecule has 1 amide bonds. The van der Waals surface area contributed by atoms with E-state index in [-0.39, 0.29) is 23.6 Å². The van der Waals surface area contributed by atoms with Crippen molar-refractivity contribution in [3.63, 3.8) is 0 Å². The first-order valence-electron chi connectivity index (χ1n) is 9.03. The summed E-state index contributed by atoms with van der Waals surface area (Å²) in [5.41, 5.74) is 1.33. The number of nitrogens with zero attached hydrogens (tertiary/aromatic N) is 5. The van der Waals surface area contributed by atoms with Crippen LogP contribution in [0.25, 0.3) is 0 Å². The van der Waals surface area contributed by atoms with Crippen molar-refractivity contribution in [2.75, 3.05) is 23.3 Å². The Bertz CT molecular complexity index is 936. The van der Waals surface area contributed by atoms with Crippen molar-refractivity contribution < 1.29 is 14.8 Å². The van der Waals surface area contributed by atoms with Crippen LogP contribution in [0, 0.1) is 17.0 Å². The van der Waals surface area contributed by atoms with Crippen molar-refractivity contribution in [1.29, 1.82) is 0 Å². The molecule has 0 radical (unpaired) electrons. The third-order valence-corrected chi connectivity index (χ3v) is 5.28. The molecule has 2 atom stereocenters. The molecule has 2 bridgehead atoms. The van der Waals surface area contributed by atoms with Crippen molar-refractivity contribution in [3.05, 3.63) is 46.3 Å². The van der Waals surface area contributed by atoms with Crippen LogP contribution in [0.4, 0.5) is 27.8 Å². The number of aromatic nitrogens is 2. The minimum atomic E-state index is -0.901. The van der Waals surface area contributed by atoms with Gasteiger partial charge in [0.05, 0.1) is 11.0 Å². The molecule has 2 N–H and O–H groups in total. The average Bonchev–Trinajstić information content (AvgIpc) is 2.68. The van der Waals surface area contributed by atoms with Crippen LogP contribution in [0.1, 0.15) is 18.5 Å². The molecule has 10 nitrogen and oxygen atoms in total. The summed E-state index contributed by atoms with van der Waals surface area (Å²) in [5, 5.41) is 23.8. The monoisotopic (exact) mass is 384 g/mol. The van der Waals surface area contributed by atoms with Gasteiger partial charge in [-0.3, -0.25) is 15.1 Å². The fraction of sp³-hybridized carbons (Fsp3) is 0.389. The lowest BCUT2D eigenvalue weighted by Crippen LogP contribution is -2.64. The van der Waals surface area contributed by atoms with Crippen LogP contribution in [0.5, 0.6) is 0 Å². The van der Waals surface area contributed by atoms with E-state index in [0.717, 1.165) is 18.5 Å². The first-order valence-corrected chi connectivity index (χ1v) is 9.03. The number of anilines is 3. The Morgan fingerprint density at radius 1 is 1.29 bits per heavy atom. The van der Waals surface area contributed by atoms with E-state index in [1.807, 2.05) is 6.92 Å². The minimum absolute atomic E-state index is 0.0195. The van der Waals surface area contributed by atoms with E-state index in [4.69, 9.17) is 0 Å². The highest BCUT2D eigenvalue weighted by Crippen LogP contribution is 2.35. The second-order valence-electron chi connectivity index (χ2n) is 7.08. The van der Waals surface area contributed by atoms with Gasteiger partial charge in [-0.15, -0.1) is 0 Å². The molecule has 0 aromatic carbocycles. The molecule has 0 saturated carbocycles. The van der Waals surface area contributed by atoms with Gasteiger partial charge < -0.3 is 20.2 Å². The first-order chi connectivity index (χ1) is 13.4. The van der Waals surface area contributed by atoms with Crippen molar-refractivity contribution in [2.24, 2.45) is 0 Å². The lowest BCUT2D eigenvalue weighted by Gasteiger charge is -2.50. The fourth-order valence-electron chi connectivity index (χ4n) is 3.94. The maximum atomic E-state index is 11.4. The van der Waals surface area contributed by atoms with Crippen molar-refractivity contribution in [1.82, 2.24) is 14.9 Å². The number of carbonyl (C=O) groups is 1. The topological polar surface area (TPSA) is 125 Å². The molecule has 0 spiro atoms. The van der Waals surface area contributed by atoms with Gasteiger partial charge in [0.2, 0.25) is 5.82 Å². The molecule has 3 aliphatic heterocycles. The van der Waals surface area contributed by atoms with Crippen LogP contribution in [0.3, 0.4) is 0 Å². The number of aryl methyl sites for hydroxylation is 1. The molecule has 0 aliphatic carbocycles. The largest absolute Gasteiger partial charge is 0.465 e. The maximum absolute atomic E-state index is 11.4. The first kappa shape index (κ1) is 18.0. The quantitative estimate of drug-likeness (QED) is 0.609. The fourth-order valence-corrected chi connectivity index (χ4v) is 3.94. The Hall–Kier alpha value is -3.43. The lowest BCUT2D eigenvalue weighted by molar-refractivity contribution is -0.384. The van der Waals surface area contributed by atoms with Crippen molar-refractivity contribution >= 4 is 29.1 Å². The van der Waals surface area contributed by atoms with Crippen LogP contribution in [-0.2, 0) is 0 Å². The van der Waals surface area contributed by atoms with Gasteiger partial charge in [-0.05, 0) is 38.0 Å². The Labute approximate surface area is 161 Å². The highest BCUT2D eigenvalue weighted by atomic mass is 16.6. The van der Waals surface area contributed by atoms with Crippen LogP contribution >= 0.6 is 0 Å². The third-order valence-electron chi connectivity index (χ3n) is 5.28. The summed E-state index contributed by atoms with van der Waals surface area (Å²) in [5.74, 6) is 0.767. The lowest BCUT2D eigenvalue weighted by atomic mass is 9.91. The number of hydrogen-bond acceptors (Lipinski definition) is 7. The number of piperazine rings is 1. The molecule has 28 heavy (non-hydrogen) atoms. The normalized spacial score (nSPS) is 20.9. The highest BCUT2D eigenvalue weighted by Gasteiger charge is 2.41. The highest BCUT2D eigenvalue weighted by molar-refractivity contribution is 5.69. The van der Waals surface area contributed by atoms with E-state index in [1.54, 1.807) is 24.4 Å². The Morgan fingerprint density at radius 3 is 2.71 bits per heavy atom. The molecule has 10 heteroatoms. The molecule has 2 aromatic rings. The summed E-state index contributed by atoms with van der Waals surface area (Å²) in [7, 11) is 0. The number of hydrogen-bond donors (Lipinski definition) is 2. The van der Waals surface area contributed by atoms with Crippen LogP contribution in [0.2, 0.25) is 0 Å². The molecule has 146 valence electrons. The predicted molar refractivity (Wildman–Crippen MR) is 102 cm³/mol. The van der Waals surface area contributed by atoms with Gasteiger partial charge in [-0.25, -0.2) is 9.78 Å². The average molecular weight is 384 g/mol. The molecule has 5 rings (SSSR count). The maximum Gasteiger partial charge on any atom is 0.407 e. The SMILES string of the molecule is Cc1cc(Nc2nc(N3C[C@H]4CC[C@@H]3CN4C(=O)O)ccc2[N+](=O)[O-])ccn1. The number of pyridine rings is 2. The molecule has 3 fully saturated rings.